The molecule has 112 valence electrons. The average Bonchev–Trinajstić information content (AvgIpc) is 2.30. The molecule has 0 spiro atoms. The van der Waals surface area contributed by atoms with Gasteiger partial charge in [-0.1, -0.05) is 20.8 Å². The van der Waals surface area contributed by atoms with Crippen LogP contribution < -0.4 is 0 Å². The number of hydrogen-bond acceptors (Lipinski definition) is 4. The van der Waals surface area contributed by atoms with Gasteiger partial charge in [-0.3, -0.25) is 0 Å². The maximum Gasteiger partial charge on any atom is 0.330 e. The van der Waals surface area contributed by atoms with E-state index in [1.54, 1.807) is 6.08 Å². The largest absolute Gasteiger partial charge is 0.466 e. The quantitative estimate of drug-likeness (QED) is 0.444. The molecule has 0 aromatic rings. The van der Waals surface area contributed by atoms with E-state index >= 15 is 0 Å². The summed E-state index contributed by atoms with van der Waals surface area (Å²) < 4.78 is 10.8. The van der Waals surface area contributed by atoms with Crippen molar-refractivity contribution in [1.29, 1.82) is 0 Å². The van der Waals surface area contributed by atoms with Crippen molar-refractivity contribution < 1.29 is 19.1 Å². The third-order valence-electron chi connectivity index (χ3n) is 3.55. The van der Waals surface area contributed by atoms with Gasteiger partial charge in [-0.2, -0.15) is 0 Å². The highest BCUT2D eigenvalue weighted by molar-refractivity contribution is 6.74. The van der Waals surface area contributed by atoms with Crippen molar-refractivity contribution in [3.8, 4) is 0 Å². The molecular weight excluding hydrogens is 260 g/mol. The summed E-state index contributed by atoms with van der Waals surface area (Å²) in [4.78, 5) is 11.1. The molecule has 0 amide bonds. The summed E-state index contributed by atoms with van der Waals surface area (Å²) in [6, 6.07) is 0. The van der Waals surface area contributed by atoms with Crippen LogP contribution in [0.1, 0.15) is 33.6 Å². The van der Waals surface area contributed by atoms with Gasteiger partial charge in [-0.25, -0.2) is 4.79 Å². The number of hydrogen-bond donors (Lipinski definition) is 1. The zero-order valence-corrected chi connectivity index (χ0v) is 14.0. The van der Waals surface area contributed by atoms with Gasteiger partial charge < -0.3 is 14.3 Å². The molecule has 0 aliphatic heterocycles. The van der Waals surface area contributed by atoms with E-state index in [2.05, 4.69) is 38.6 Å². The summed E-state index contributed by atoms with van der Waals surface area (Å²) in [5.74, 6) is -0.382. The summed E-state index contributed by atoms with van der Waals surface area (Å²) in [6.45, 7) is 11.0. The second-order valence-corrected chi connectivity index (χ2v) is 10.9. The smallest absolute Gasteiger partial charge is 0.330 e. The molecule has 0 aliphatic rings. The molecule has 1 atom stereocenters. The molecule has 0 heterocycles. The lowest BCUT2D eigenvalue weighted by atomic mass is 10.2. The summed E-state index contributed by atoms with van der Waals surface area (Å²) >= 11 is 0. The van der Waals surface area contributed by atoms with E-state index in [4.69, 9.17) is 9.53 Å². The Kier molecular flexibility index (Phi) is 7.55. The second-order valence-electron chi connectivity index (χ2n) is 6.16. The van der Waals surface area contributed by atoms with Crippen LogP contribution in [0, 0.1) is 0 Å². The fourth-order valence-electron chi connectivity index (χ4n) is 1.30. The predicted octanol–water partition coefficient (Wildman–Crippen LogP) is 2.88. The molecule has 0 aliphatic carbocycles. The molecule has 0 fully saturated rings. The molecule has 0 saturated heterocycles. The molecule has 0 aromatic heterocycles. The lowest BCUT2D eigenvalue weighted by Gasteiger charge is -2.38. The van der Waals surface area contributed by atoms with Crippen LogP contribution in [0.5, 0.6) is 0 Å². The van der Waals surface area contributed by atoms with Crippen molar-refractivity contribution in [1.82, 2.24) is 0 Å². The molecular formula is C14H28O4Si. The van der Waals surface area contributed by atoms with Gasteiger partial charge in [-0.05, 0) is 37.0 Å². The monoisotopic (exact) mass is 288 g/mol. The highest BCUT2D eigenvalue weighted by atomic mass is 28.4. The van der Waals surface area contributed by atoms with Crippen LogP contribution in [0.4, 0.5) is 0 Å². The molecule has 5 heteroatoms. The van der Waals surface area contributed by atoms with E-state index in [9.17, 15) is 4.79 Å². The zero-order chi connectivity index (χ0) is 15.1. The maximum absolute atomic E-state index is 11.1. The Bertz CT molecular complexity index is 305. The third kappa shape index (κ3) is 6.89. The number of methoxy groups -OCH3 is 1. The minimum atomic E-state index is -1.89. The molecule has 0 radical (unpaired) electrons. The Hall–Kier alpha value is -0.653. The van der Waals surface area contributed by atoms with Gasteiger partial charge in [-0.15, -0.1) is 0 Å². The first-order valence-corrected chi connectivity index (χ1v) is 9.59. The van der Waals surface area contributed by atoms with E-state index < -0.39 is 8.32 Å². The number of aliphatic hydroxyl groups excluding tert-OH is 1. The molecule has 0 saturated carbocycles. The van der Waals surface area contributed by atoms with Gasteiger partial charge in [0.25, 0.3) is 0 Å². The normalized spacial score (nSPS) is 14.7. The molecule has 0 bridgehead atoms. The first-order valence-electron chi connectivity index (χ1n) is 6.69. The third-order valence-corrected chi connectivity index (χ3v) is 8.05. The number of carbonyl (C=O) groups excluding carboxylic acids is 1. The van der Waals surface area contributed by atoms with Crippen molar-refractivity contribution in [2.45, 2.75) is 57.8 Å². The summed E-state index contributed by atoms with van der Waals surface area (Å²) in [6.07, 6.45) is 4.35. The van der Waals surface area contributed by atoms with Crippen LogP contribution in [0.25, 0.3) is 0 Å². The SMILES string of the molecule is COC(=O)/C=C\C(CCCO)O[Si](C)(C)C(C)(C)C. The number of ether oxygens (including phenoxy) is 1. The Labute approximate surface area is 117 Å². The second kappa shape index (κ2) is 7.82. The average molecular weight is 288 g/mol. The van der Waals surface area contributed by atoms with E-state index in [1.807, 2.05) is 0 Å². The lowest BCUT2D eigenvalue weighted by molar-refractivity contribution is -0.134. The molecule has 1 unspecified atom stereocenters. The van der Waals surface area contributed by atoms with Crippen LogP contribution in [-0.2, 0) is 14.0 Å². The number of esters is 1. The minimum absolute atomic E-state index is 0.115. The van der Waals surface area contributed by atoms with E-state index in [0.717, 1.165) is 0 Å². The first kappa shape index (κ1) is 18.3. The Morgan fingerprint density at radius 3 is 2.37 bits per heavy atom. The molecule has 0 aromatic carbocycles. The van der Waals surface area contributed by atoms with Crippen molar-refractivity contribution >= 4 is 14.3 Å². The standard InChI is InChI=1S/C14H28O4Si/c1-14(2,3)19(5,6)18-12(8-7-11-15)9-10-13(16)17-4/h9-10,12,15H,7-8,11H2,1-6H3/b10-9-. The molecule has 4 nitrogen and oxygen atoms in total. The molecule has 19 heavy (non-hydrogen) atoms. The number of carbonyl (C=O) groups is 1. The van der Waals surface area contributed by atoms with Gasteiger partial charge >= 0.3 is 5.97 Å². The predicted molar refractivity (Wildman–Crippen MR) is 79.5 cm³/mol. The summed E-state index contributed by atoms with van der Waals surface area (Å²) in [7, 11) is -0.534. The molecule has 0 rings (SSSR count). The van der Waals surface area contributed by atoms with Crippen molar-refractivity contribution in [3.05, 3.63) is 12.2 Å². The highest BCUT2D eigenvalue weighted by Crippen LogP contribution is 2.37. The van der Waals surface area contributed by atoms with E-state index in [-0.39, 0.29) is 23.7 Å². The van der Waals surface area contributed by atoms with Gasteiger partial charge in [0.15, 0.2) is 8.32 Å². The van der Waals surface area contributed by atoms with Crippen molar-refractivity contribution in [2.24, 2.45) is 0 Å². The fourth-order valence-corrected chi connectivity index (χ4v) is 2.60. The first-order chi connectivity index (χ1) is 8.64. The number of aliphatic hydroxyl groups is 1. The van der Waals surface area contributed by atoms with Crippen LogP contribution in [0.3, 0.4) is 0 Å². The Morgan fingerprint density at radius 2 is 1.95 bits per heavy atom. The Morgan fingerprint density at radius 1 is 1.37 bits per heavy atom. The van der Waals surface area contributed by atoms with Crippen molar-refractivity contribution in [3.63, 3.8) is 0 Å². The van der Waals surface area contributed by atoms with Crippen LogP contribution >= 0.6 is 0 Å². The van der Waals surface area contributed by atoms with E-state index in [1.165, 1.54) is 13.2 Å². The lowest BCUT2D eigenvalue weighted by Crippen LogP contribution is -2.43. The van der Waals surface area contributed by atoms with Crippen LogP contribution in [0.2, 0.25) is 18.1 Å². The number of rotatable bonds is 7. The summed E-state index contributed by atoms with van der Waals surface area (Å²) in [5.41, 5.74) is 0. The maximum atomic E-state index is 11.1. The van der Waals surface area contributed by atoms with E-state index in [0.29, 0.717) is 12.8 Å². The topological polar surface area (TPSA) is 55.8 Å². The minimum Gasteiger partial charge on any atom is -0.466 e. The zero-order valence-electron chi connectivity index (χ0n) is 13.0. The van der Waals surface area contributed by atoms with Gasteiger partial charge in [0.1, 0.15) is 0 Å². The van der Waals surface area contributed by atoms with Crippen LogP contribution in [-0.4, -0.2) is 39.2 Å². The highest BCUT2D eigenvalue weighted by Gasteiger charge is 2.38. The summed E-state index contributed by atoms with van der Waals surface area (Å²) in [5, 5.41) is 9.05. The molecule has 1 N–H and O–H groups in total. The van der Waals surface area contributed by atoms with Gasteiger partial charge in [0, 0.05) is 12.7 Å². The Balaban J connectivity index is 4.77. The van der Waals surface area contributed by atoms with Gasteiger partial charge in [0.2, 0.25) is 0 Å². The van der Waals surface area contributed by atoms with Gasteiger partial charge in [0.05, 0.1) is 13.2 Å². The fraction of sp³-hybridized carbons (Fsp3) is 0.786. The van der Waals surface area contributed by atoms with Crippen molar-refractivity contribution in [2.75, 3.05) is 13.7 Å². The van der Waals surface area contributed by atoms with Crippen LogP contribution in [0.15, 0.2) is 12.2 Å².